The van der Waals surface area contributed by atoms with Gasteiger partial charge in [0.05, 0.1) is 25.4 Å². The van der Waals surface area contributed by atoms with Gasteiger partial charge in [0.25, 0.3) is 0 Å². The predicted molar refractivity (Wildman–Crippen MR) is 73.3 cm³/mol. The summed E-state index contributed by atoms with van der Waals surface area (Å²) in [5.74, 6) is -0.481. The first-order valence-corrected chi connectivity index (χ1v) is 5.85. The second-order valence-corrected chi connectivity index (χ2v) is 4.25. The molecule has 0 amide bonds. The fourth-order valence-electron chi connectivity index (χ4n) is 1.74. The molecule has 1 rings (SSSR count). The van der Waals surface area contributed by atoms with Gasteiger partial charge in [0, 0.05) is 32.1 Å². The van der Waals surface area contributed by atoms with E-state index < -0.39 is 12.1 Å². The van der Waals surface area contributed by atoms with Gasteiger partial charge in [-0.05, 0) is 18.2 Å². The maximum atomic E-state index is 11.5. The van der Waals surface area contributed by atoms with Crippen LogP contribution in [0.5, 0.6) is 0 Å². The van der Waals surface area contributed by atoms with Crippen LogP contribution in [0.1, 0.15) is 10.4 Å². The fourth-order valence-corrected chi connectivity index (χ4v) is 1.74. The summed E-state index contributed by atoms with van der Waals surface area (Å²) in [6, 6.07) is 5.06. The molecule has 6 nitrogen and oxygen atoms in total. The van der Waals surface area contributed by atoms with Gasteiger partial charge in [-0.1, -0.05) is 0 Å². The average molecular weight is 268 g/mol. The lowest BCUT2D eigenvalue weighted by molar-refractivity contribution is 0.0602. The second-order valence-electron chi connectivity index (χ2n) is 4.25. The van der Waals surface area contributed by atoms with Crippen LogP contribution in [0.4, 0.5) is 11.4 Å². The number of hydrogen-bond donors (Lipinski definition) is 2. The molecule has 0 saturated carbocycles. The number of nitrogen functional groups attached to an aromatic ring is 1. The molecule has 0 aliphatic carbocycles. The third kappa shape index (κ3) is 4.11. The van der Waals surface area contributed by atoms with Crippen LogP contribution in [0, 0.1) is 0 Å². The van der Waals surface area contributed by atoms with Crippen molar-refractivity contribution in [3.63, 3.8) is 0 Å². The molecule has 0 spiro atoms. The molecule has 1 atom stereocenters. The Labute approximate surface area is 112 Å². The van der Waals surface area contributed by atoms with E-state index in [-0.39, 0.29) is 6.61 Å². The van der Waals surface area contributed by atoms with Gasteiger partial charge in [-0.15, -0.1) is 0 Å². The Kier molecular flexibility index (Phi) is 5.59. The molecule has 3 N–H and O–H groups in total. The minimum absolute atomic E-state index is 0.253. The first-order chi connectivity index (χ1) is 8.99. The number of hydrogen-bond acceptors (Lipinski definition) is 6. The summed E-state index contributed by atoms with van der Waals surface area (Å²) < 4.78 is 9.53. The van der Waals surface area contributed by atoms with Crippen molar-refractivity contribution in [1.29, 1.82) is 0 Å². The van der Waals surface area contributed by atoms with Gasteiger partial charge >= 0.3 is 5.97 Å². The number of carbonyl (C=O) groups excluding carboxylic acids is 1. The smallest absolute Gasteiger partial charge is 0.340 e. The number of aliphatic hydroxyl groups is 1. The molecule has 0 bridgehead atoms. The highest BCUT2D eigenvalue weighted by atomic mass is 16.5. The molecule has 19 heavy (non-hydrogen) atoms. The molecule has 0 aliphatic rings. The van der Waals surface area contributed by atoms with Gasteiger partial charge < -0.3 is 25.2 Å². The van der Waals surface area contributed by atoms with Crippen molar-refractivity contribution >= 4 is 17.3 Å². The molecular weight excluding hydrogens is 248 g/mol. The molecule has 0 aliphatic heterocycles. The van der Waals surface area contributed by atoms with Gasteiger partial charge in [0.2, 0.25) is 0 Å². The Morgan fingerprint density at radius 3 is 2.74 bits per heavy atom. The Hall–Kier alpha value is -1.79. The highest BCUT2D eigenvalue weighted by molar-refractivity contribution is 5.96. The Morgan fingerprint density at radius 2 is 2.16 bits per heavy atom. The Morgan fingerprint density at radius 1 is 1.47 bits per heavy atom. The van der Waals surface area contributed by atoms with E-state index in [1.54, 1.807) is 18.2 Å². The maximum Gasteiger partial charge on any atom is 0.340 e. The Balaban J connectivity index is 2.86. The van der Waals surface area contributed by atoms with Crippen molar-refractivity contribution in [3.05, 3.63) is 23.8 Å². The molecule has 0 saturated heterocycles. The number of likely N-dealkylation sites (N-methyl/N-ethyl adjacent to an activating group) is 1. The molecule has 1 aromatic rings. The first kappa shape index (κ1) is 15.3. The van der Waals surface area contributed by atoms with E-state index in [9.17, 15) is 9.90 Å². The summed E-state index contributed by atoms with van der Waals surface area (Å²) >= 11 is 0. The van der Waals surface area contributed by atoms with Crippen molar-refractivity contribution in [2.45, 2.75) is 6.10 Å². The quantitative estimate of drug-likeness (QED) is 0.577. The lowest BCUT2D eigenvalue weighted by atomic mass is 10.1. The van der Waals surface area contributed by atoms with Crippen LogP contribution in [-0.2, 0) is 9.47 Å². The number of carbonyl (C=O) groups is 1. The number of nitrogens with two attached hydrogens (primary N) is 1. The molecule has 0 radical (unpaired) electrons. The zero-order valence-corrected chi connectivity index (χ0v) is 11.4. The molecule has 6 heteroatoms. The standard InChI is InChI=1S/C13H20N2O4/c1-15(7-10(16)8-18-2)9-4-5-12(14)11(6-9)13(17)19-3/h4-6,10,16H,7-8,14H2,1-3H3. The van der Waals surface area contributed by atoms with Gasteiger partial charge in [-0.2, -0.15) is 0 Å². The SMILES string of the molecule is COCC(O)CN(C)c1ccc(N)c(C(=O)OC)c1. The molecule has 106 valence electrons. The van der Waals surface area contributed by atoms with Crippen LogP contribution in [0.25, 0.3) is 0 Å². The van der Waals surface area contributed by atoms with Crippen LogP contribution < -0.4 is 10.6 Å². The Bertz CT molecular complexity index is 437. The molecule has 0 fully saturated rings. The molecule has 0 aromatic heterocycles. The summed E-state index contributed by atoms with van der Waals surface area (Å²) in [4.78, 5) is 13.4. The summed E-state index contributed by atoms with van der Waals surface area (Å²) in [6.07, 6.45) is -0.603. The minimum Gasteiger partial charge on any atom is -0.465 e. The van der Waals surface area contributed by atoms with Crippen LogP contribution in [-0.4, -0.2) is 51.6 Å². The van der Waals surface area contributed by atoms with Crippen LogP contribution in [0.15, 0.2) is 18.2 Å². The number of ether oxygens (including phenoxy) is 2. The predicted octanol–water partition coefficient (Wildman–Crippen LogP) is 0.499. The largest absolute Gasteiger partial charge is 0.465 e. The van der Waals surface area contributed by atoms with Crippen molar-refractivity contribution in [2.75, 3.05) is 45.1 Å². The number of aliphatic hydroxyl groups excluding tert-OH is 1. The van der Waals surface area contributed by atoms with E-state index in [1.165, 1.54) is 14.2 Å². The van der Waals surface area contributed by atoms with E-state index in [2.05, 4.69) is 4.74 Å². The average Bonchev–Trinajstić information content (AvgIpc) is 2.38. The lowest BCUT2D eigenvalue weighted by Crippen LogP contribution is -2.32. The number of esters is 1. The maximum absolute atomic E-state index is 11.5. The van der Waals surface area contributed by atoms with E-state index in [1.807, 2.05) is 11.9 Å². The summed E-state index contributed by atoms with van der Waals surface area (Å²) in [6.45, 7) is 0.640. The van der Waals surface area contributed by atoms with Gasteiger partial charge in [-0.3, -0.25) is 0 Å². The van der Waals surface area contributed by atoms with Crippen LogP contribution >= 0.6 is 0 Å². The van der Waals surface area contributed by atoms with Crippen molar-refractivity contribution in [3.8, 4) is 0 Å². The van der Waals surface area contributed by atoms with E-state index in [0.29, 0.717) is 17.8 Å². The fraction of sp³-hybridized carbons (Fsp3) is 0.462. The lowest BCUT2D eigenvalue weighted by Gasteiger charge is -2.23. The molecule has 0 heterocycles. The number of methoxy groups -OCH3 is 2. The van der Waals surface area contributed by atoms with Gasteiger partial charge in [0.15, 0.2) is 0 Å². The zero-order chi connectivity index (χ0) is 14.4. The van der Waals surface area contributed by atoms with E-state index in [0.717, 1.165) is 5.69 Å². The summed E-state index contributed by atoms with van der Waals surface area (Å²) in [5, 5.41) is 9.68. The van der Waals surface area contributed by atoms with Crippen LogP contribution in [0.3, 0.4) is 0 Å². The van der Waals surface area contributed by atoms with E-state index >= 15 is 0 Å². The second kappa shape index (κ2) is 6.96. The van der Waals surface area contributed by atoms with Gasteiger partial charge in [0.1, 0.15) is 0 Å². The van der Waals surface area contributed by atoms with Crippen LogP contribution in [0.2, 0.25) is 0 Å². The summed E-state index contributed by atoms with van der Waals surface area (Å²) in [5.41, 5.74) is 7.17. The van der Waals surface area contributed by atoms with E-state index in [4.69, 9.17) is 10.5 Å². The molecule has 1 unspecified atom stereocenters. The third-order valence-electron chi connectivity index (χ3n) is 2.73. The monoisotopic (exact) mass is 268 g/mol. The number of rotatable bonds is 6. The topological polar surface area (TPSA) is 85.0 Å². The first-order valence-electron chi connectivity index (χ1n) is 5.85. The number of anilines is 2. The zero-order valence-electron chi connectivity index (χ0n) is 11.4. The normalized spacial score (nSPS) is 12.0. The van der Waals surface area contributed by atoms with Crippen molar-refractivity contribution < 1.29 is 19.4 Å². The van der Waals surface area contributed by atoms with Crippen molar-refractivity contribution in [2.24, 2.45) is 0 Å². The third-order valence-corrected chi connectivity index (χ3v) is 2.73. The highest BCUT2D eigenvalue weighted by Crippen LogP contribution is 2.21. The molecule has 1 aromatic carbocycles. The summed E-state index contributed by atoms with van der Waals surface area (Å²) in [7, 11) is 4.65. The van der Waals surface area contributed by atoms with Gasteiger partial charge in [-0.25, -0.2) is 4.79 Å². The van der Waals surface area contributed by atoms with Crippen molar-refractivity contribution in [1.82, 2.24) is 0 Å². The number of nitrogens with zero attached hydrogens (tertiary/aromatic N) is 1. The highest BCUT2D eigenvalue weighted by Gasteiger charge is 2.14. The minimum atomic E-state index is -0.603. The molecular formula is C13H20N2O4. The number of benzene rings is 1.